The molecule has 3 heterocycles. The topological polar surface area (TPSA) is 85.1 Å². The van der Waals surface area contributed by atoms with Gasteiger partial charge in [0, 0.05) is 36.2 Å². The smallest absolute Gasteiger partial charge is 0.253 e. The molecular formula is C25H27N3O5S. The molecule has 0 aliphatic carbocycles. The van der Waals surface area contributed by atoms with Crippen molar-refractivity contribution in [1.82, 2.24) is 15.2 Å². The molecule has 1 fully saturated rings. The molecule has 2 N–H and O–H groups in total. The Kier molecular flexibility index (Phi) is 6.55. The van der Waals surface area contributed by atoms with E-state index in [0.29, 0.717) is 36.1 Å². The number of fused-ring (bicyclic) bond motifs is 2. The standard InChI is InChI=1S/C25H27N3O5S/c1-30-19-5-6-21-17(11-19)10-18(24(29)27-21)14-28(25(34)26-12-20-3-2-8-31-20)13-16-4-7-22-23(9-16)33-15-32-22/h4-7,9-11,20H,2-3,8,12-15H2,1H3,(H,26,34)(H,27,29)/t20-/m0/s1. The molecule has 0 bridgehead atoms. The van der Waals surface area contributed by atoms with Crippen LogP contribution in [-0.2, 0) is 17.8 Å². The van der Waals surface area contributed by atoms with Crippen molar-refractivity contribution in [2.24, 2.45) is 0 Å². The van der Waals surface area contributed by atoms with E-state index in [9.17, 15) is 4.79 Å². The van der Waals surface area contributed by atoms with Gasteiger partial charge in [0.15, 0.2) is 16.6 Å². The highest BCUT2D eigenvalue weighted by Gasteiger charge is 2.20. The first-order valence-corrected chi connectivity index (χ1v) is 11.7. The summed E-state index contributed by atoms with van der Waals surface area (Å²) in [6.07, 6.45) is 2.24. The van der Waals surface area contributed by atoms with Gasteiger partial charge in [-0.15, -0.1) is 0 Å². The first-order valence-electron chi connectivity index (χ1n) is 11.3. The number of H-pyrrole nitrogens is 1. The third-order valence-corrected chi connectivity index (χ3v) is 6.49. The van der Waals surface area contributed by atoms with Crippen LogP contribution in [0, 0.1) is 0 Å². The highest BCUT2D eigenvalue weighted by Crippen LogP contribution is 2.33. The van der Waals surface area contributed by atoms with Crippen LogP contribution in [0.2, 0.25) is 0 Å². The van der Waals surface area contributed by atoms with Crippen LogP contribution in [0.5, 0.6) is 17.2 Å². The number of ether oxygens (including phenoxy) is 4. The van der Waals surface area contributed by atoms with E-state index in [2.05, 4.69) is 10.3 Å². The van der Waals surface area contributed by atoms with Gasteiger partial charge >= 0.3 is 0 Å². The first-order chi connectivity index (χ1) is 16.6. The maximum absolute atomic E-state index is 12.9. The lowest BCUT2D eigenvalue weighted by molar-refractivity contribution is 0.113. The number of pyridine rings is 1. The largest absolute Gasteiger partial charge is 0.497 e. The van der Waals surface area contributed by atoms with Crippen LogP contribution in [0.4, 0.5) is 0 Å². The zero-order valence-electron chi connectivity index (χ0n) is 19.0. The molecule has 0 spiro atoms. The van der Waals surface area contributed by atoms with Crippen molar-refractivity contribution in [2.75, 3.05) is 27.1 Å². The molecule has 9 heteroatoms. The van der Waals surface area contributed by atoms with Gasteiger partial charge in [0.05, 0.1) is 19.8 Å². The second-order valence-corrected chi connectivity index (χ2v) is 8.83. The molecule has 8 nitrogen and oxygen atoms in total. The molecule has 0 radical (unpaired) electrons. The highest BCUT2D eigenvalue weighted by molar-refractivity contribution is 7.80. The van der Waals surface area contributed by atoms with E-state index in [4.69, 9.17) is 31.2 Å². The van der Waals surface area contributed by atoms with E-state index in [0.717, 1.165) is 47.4 Å². The summed E-state index contributed by atoms with van der Waals surface area (Å²) in [5, 5.41) is 4.80. The third-order valence-electron chi connectivity index (χ3n) is 6.09. The second-order valence-electron chi connectivity index (χ2n) is 8.44. The molecule has 34 heavy (non-hydrogen) atoms. The Bertz CT molecular complexity index is 1260. The molecule has 0 amide bonds. The normalized spacial score (nSPS) is 16.6. The van der Waals surface area contributed by atoms with E-state index < -0.39 is 0 Å². The van der Waals surface area contributed by atoms with Gasteiger partial charge in [0.25, 0.3) is 5.56 Å². The monoisotopic (exact) mass is 481 g/mol. The molecule has 2 aromatic carbocycles. The molecule has 1 saturated heterocycles. The Balaban J connectivity index is 1.40. The van der Waals surface area contributed by atoms with Gasteiger partial charge in [-0.25, -0.2) is 0 Å². The Morgan fingerprint density at radius 3 is 2.88 bits per heavy atom. The number of methoxy groups -OCH3 is 1. The maximum atomic E-state index is 12.9. The average molecular weight is 482 g/mol. The number of benzene rings is 2. The average Bonchev–Trinajstić information content (AvgIpc) is 3.54. The van der Waals surface area contributed by atoms with Gasteiger partial charge in [0.1, 0.15) is 5.75 Å². The Hall–Kier alpha value is -3.30. The summed E-state index contributed by atoms with van der Waals surface area (Å²) in [4.78, 5) is 17.8. The summed E-state index contributed by atoms with van der Waals surface area (Å²) in [6.45, 7) is 2.50. The van der Waals surface area contributed by atoms with E-state index in [1.54, 1.807) is 7.11 Å². The number of hydrogen-bond acceptors (Lipinski definition) is 6. The zero-order valence-corrected chi connectivity index (χ0v) is 19.8. The number of nitrogens with zero attached hydrogens (tertiary/aromatic N) is 1. The number of thiocarbonyl (C=S) groups is 1. The van der Waals surface area contributed by atoms with Crippen molar-refractivity contribution in [3.05, 3.63) is 63.9 Å². The molecule has 0 unspecified atom stereocenters. The van der Waals surface area contributed by atoms with E-state index in [1.807, 2.05) is 47.4 Å². The lowest BCUT2D eigenvalue weighted by atomic mass is 10.1. The molecule has 1 atom stereocenters. The minimum absolute atomic E-state index is 0.143. The van der Waals surface area contributed by atoms with Crippen LogP contribution in [0.3, 0.4) is 0 Å². The molecule has 0 saturated carbocycles. The van der Waals surface area contributed by atoms with Crippen LogP contribution in [-0.4, -0.2) is 48.2 Å². The summed E-state index contributed by atoms with van der Waals surface area (Å²) in [5.41, 5.74) is 2.23. The molecule has 5 rings (SSSR count). The summed E-state index contributed by atoms with van der Waals surface area (Å²) >= 11 is 5.76. The molecule has 2 aliphatic heterocycles. The van der Waals surface area contributed by atoms with E-state index in [-0.39, 0.29) is 18.5 Å². The van der Waals surface area contributed by atoms with E-state index >= 15 is 0 Å². The van der Waals surface area contributed by atoms with Crippen molar-refractivity contribution in [3.63, 3.8) is 0 Å². The zero-order chi connectivity index (χ0) is 23.5. The van der Waals surface area contributed by atoms with E-state index in [1.165, 1.54) is 0 Å². The van der Waals surface area contributed by atoms with Crippen molar-refractivity contribution in [3.8, 4) is 17.2 Å². The summed E-state index contributed by atoms with van der Waals surface area (Å²) < 4.78 is 22.0. The summed E-state index contributed by atoms with van der Waals surface area (Å²) in [7, 11) is 1.62. The molecule has 178 valence electrons. The molecule has 2 aliphatic rings. The van der Waals surface area contributed by atoms with Gasteiger partial charge in [-0.1, -0.05) is 6.07 Å². The van der Waals surface area contributed by atoms with Crippen LogP contribution in [0.25, 0.3) is 10.9 Å². The van der Waals surface area contributed by atoms with Gasteiger partial charge < -0.3 is 34.1 Å². The SMILES string of the molecule is COc1ccc2[nH]c(=O)c(CN(Cc3ccc4c(c3)OCO4)C(=S)NC[C@@H]3CCCO3)cc2c1. The van der Waals surface area contributed by atoms with Crippen LogP contribution >= 0.6 is 12.2 Å². The maximum Gasteiger partial charge on any atom is 0.253 e. The number of aromatic nitrogens is 1. The fraction of sp³-hybridized carbons (Fsp3) is 0.360. The summed E-state index contributed by atoms with van der Waals surface area (Å²) in [6, 6.07) is 13.3. The predicted octanol–water partition coefficient (Wildman–Crippen LogP) is 3.32. The van der Waals surface area contributed by atoms with Gasteiger partial charge in [0.2, 0.25) is 6.79 Å². The Morgan fingerprint density at radius 1 is 1.18 bits per heavy atom. The second kappa shape index (κ2) is 9.90. The number of hydrogen-bond donors (Lipinski definition) is 2. The third kappa shape index (κ3) is 4.95. The highest BCUT2D eigenvalue weighted by atomic mass is 32.1. The van der Waals surface area contributed by atoms with Crippen LogP contribution < -0.4 is 25.1 Å². The molecule has 1 aromatic heterocycles. The van der Waals surface area contributed by atoms with Crippen LogP contribution in [0.1, 0.15) is 24.0 Å². The fourth-order valence-electron chi connectivity index (χ4n) is 4.26. The quantitative estimate of drug-likeness (QED) is 0.497. The fourth-order valence-corrected chi connectivity index (χ4v) is 4.47. The van der Waals surface area contributed by atoms with Gasteiger partial charge in [-0.3, -0.25) is 4.79 Å². The molecular weight excluding hydrogens is 454 g/mol. The van der Waals surface area contributed by atoms with Crippen LogP contribution in [0.15, 0.2) is 47.3 Å². The minimum atomic E-state index is -0.143. The lowest BCUT2D eigenvalue weighted by Gasteiger charge is -2.27. The van der Waals surface area contributed by atoms with Crippen molar-refractivity contribution < 1.29 is 18.9 Å². The first kappa shape index (κ1) is 22.5. The van der Waals surface area contributed by atoms with Crippen molar-refractivity contribution in [2.45, 2.75) is 32.0 Å². The Labute approximate surface area is 202 Å². The van der Waals surface area contributed by atoms with Gasteiger partial charge in [-0.2, -0.15) is 0 Å². The number of aromatic amines is 1. The van der Waals surface area contributed by atoms with Crippen molar-refractivity contribution >= 4 is 28.2 Å². The van der Waals surface area contributed by atoms with Crippen molar-refractivity contribution in [1.29, 1.82) is 0 Å². The predicted molar refractivity (Wildman–Crippen MR) is 133 cm³/mol. The summed E-state index contributed by atoms with van der Waals surface area (Å²) in [5.74, 6) is 2.18. The minimum Gasteiger partial charge on any atom is -0.497 e. The number of rotatable bonds is 7. The van der Waals surface area contributed by atoms with Gasteiger partial charge in [-0.05, 0) is 67.0 Å². The Morgan fingerprint density at radius 2 is 2.06 bits per heavy atom. The molecule has 3 aromatic rings. The number of nitrogens with one attached hydrogen (secondary N) is 2. The lowest BCUT2D eigenvalue weighted by Crippen LogP contribution is -2.42.